The van der Waals surface area contributed by atoms with E-state index in [0.29, 0.717) is 5.69 Å². The zero-order valence-electron chi connectivity index (χ0n) is 13.0. The van der Waals surface area contributed by atoms with Crippen LogP contribution in [0.2, 0.25) is 0 Å². The van der Waals surface area contributed by atoms with Crippen LogP contribution in [-0.4, -0.2) is 16.5 Å². The summed E-state index contributed by atoms with van der Waals surface area (Å²) in [6.45, 7) is 1.83. The van der Waals surface area contributed by atoms with Gasteiger partial charge in [-0.05, 0) is 54.6 Å². The van der Waals surface area contributed by atoms with Crippen LogP contribution in [0.25, 0.3) is 0 Å². The fraction of sp³-hybridized carbons (Fsp3) is 0.176. The Morgan fingerprint density at radius 1 is 1.08 bits per heavy atom. The smallest absolute Gasteiger partial charge is 0.365 e. The van der Waals surface area contributed by atoms with Gasteiger partial charge in [-0.15, -0.1) is 0 Å². The molecule has 130 valence electrons. The lowest BCUT2D eigenvalue weighted by Gasteiger charge is -2.16. The number of imide groups is 1. The maximum absolute atomic E-state index is 12.8. The van der Waals surface area contributed by atoms with Crippen molar-refractivity contribution in [1.29, 1.82) is 0 Å². The molecule has 1 aliphatic rings. The second-order valence-electron chi connectivity index (χ2n) is 5.50. The van der Waals surface area contributed by atoms with Gasteiger partial charge in [0.05, 0.1) is 11.3 Å². The number of halogens is 3. The van der Waals surface area contributed by atoms with Crippen LogP contribution in [0.15, 0.2) is 48.5 Å². The Morgan fingerprint density at radius 2 is 1.80 bits per heavy atom. The van der Waals surface area contributed by atoms with Crippen LogP contribution in [0.5, 0.6) is 0 Å². The molecular formula is C17H13F3N2O2S. The fourth-order valence-electron chi connectivity index (χ4n) is 2.44. The third-order valence-electron chi connectivity index (χ3n) is 3.59. The standard InChI is InChI=1S/C17H13F3N2O2S/c1-10-4-2-7-13(8-10)22-15(23)14(25-16(22)24)21-12-6-3-5-11(9-12)17(18,19)20/h2-9,14,21H,1H3/t14-/m0/s1. The molecule has 1 saturated heterocycles. The van der Waals surface area contributed by atoms with Crippen LogP contribution in [0.1, 0.15) is 11.1 Å². The van der Waals surface area contributed by atoms with E-state index in [0.717, 1.165) is 34.4 Å². The molecule has 4 nitrogen and oxygen atoms in total. The van der Waals surface area contributed by atoms with Crippen LogP contribution < -0.4 is 10.2 Å². The highest BCUT2D eigenvalue weighted by molar-refractivity contribution is 8.16. The fourth-order valence-corrected chi connectivity index (χ4v) is 3.34. The minimum absolute atomic E-state index is 0.125. The van der Waals surface area contributed by atoms with Crippen molar-refractivity contribution < 1.29 is 22.8 Å². The zero-order chi connectivity index (χ0) is 18.2. The number of carbonyl (C=O) groups excluding carboxylic acids is 2. The molecule has 1 atom stereocenters. The Hall–Kier alpha value is -2.48. The van der Waals surface area contributed by atoms with Gasteiger partial charge in [-0.25, -0.2) is 4.90 Å². The number of amides is 2. The first-order valence-electron chi connectivity index (χ1n) is 7.31. The van der Waals surface area contributed by atoms with Crippen molar-refractivity contribution in [2.45, 2.75) is 18.5 Å². The number of nitrogens with one attached hydrogen (secondary N) is 1. The average Bonchev–Trinajstić information content (AvgIpc) is 2.81. The summed E-state index contributed by atoms with van der Waals surface area (Å²) in [5, 5.41) is 1.25. The SMILES string of the molecule is Cc1cccc(N2C(=O)S[C@H](Nc3cccc(C(F)(F)F)c3)C2=O)c1. The first-order valence-corrected chi connectivity index (χ1v) is 8.19. The minimum Gasteiger partial charge on any atom is -0.365 e. The number of benzene rings is 2. The van der Waals surface area contributed by atoms with Crippen molar-refractivity contribution >= 4 is 34.3 Å². The van der Waals surface area contributed by atoms with Crippen molar-refractivity contribution in [3.63, 3.8) is 0 Å². The zero-order valence-corrected chi connectivity index (χ0v) is 13.8. The maximum Gasteiger partial charge on any atom is 0.416 e. The van der Waals surface area contributed by atoms with E-state index in [1.54, 1.807) is 18.2 Å². The molecule has 0 unspecified atom stereocenters. The molecule has 0 aliphatic carbocycles. The second-order valence-corrected chi connectivity index (χ2v) is 6.56. The normalized spacial score (nSPS) is 17.9. The Morgan fingerprint density at radius 3 is 2.48 bits per heavy atom. The number of aryl methyl sites for hydroxylation is 1. The van der Waals surface area contributed by atoms with Gasteiger partial charge in [0.15, 0.2) is 5.37 Å². The predicted molar refractivity (Wildman–Crippen MR) is 90.5 cm³/mol. The minimum atomic E-state index is -4.48. The molecular weight excluding hydrogens is 353 g/mol. The van der Waals surface area contributed by atoms with Gasteiger partial charge >= 0.3 is 6.18 Å². The summed E-state index contributed by atoms with van der Waals surface area (Å²) in [7, 11) is 0. The molecule has 0 saturated carbocycles. The van der Waals surface area contributed by atoms with Gasteiger partial charge in [-0.3, -0.25) is 9.59 Å². The van der Waals surface area contributed by atoms with E-state index >= 15 is 0 Å². The van der Waals surface area contributed by atoms with E-state index in [1.165, 1.54) is 12.1 Å². The lowest BCUT2D eigenvalue weighted by Crippen LogP contribution is -2.34. The van der Waals surface area contributed by atoms with E-state index < -0.39 is 28.3 Å². The Balaban J connectivity index is 1.81. The van der Waals surface area contributed by atoms with Crippen molar-refractivity contribution in [3.8, 4) is 0 Å². The summed E-state index contributed by atoms with van der Waals surface area (Å²) in [6, 6.07) is 11.4. The van der Waals surface area contributed by atoms with Crippen molar-refractivity contribution in [2.24, 2.45) is 0 Å². The molecule has 3 rings (SSSR count). The quantitative estimate of drug-likeness (QED) is 0.859. The molecule has 0 aromatic heterocycles. The van der Waals surface area contributed by atoms with E-state index in [1.807, 2.05) is 13.0 Å². The Kier molecular flexibility index (Phi) is 4.47. The number of thioether (sulfide) groups is 1. The lowest BCUT2D eigenvalue weighted by atomic mass is 10.2. The molecule has 2 aromatic rings. The topological polar surface area (TPSA) is 49.4 Å². The third kappa shape index (κ3) is 3.63. The van der Waals surface area contributed by atoms with Crippen LogP contribution in [-0.2, 0) is 11.0 Å². The van der Waals surface area contributed by atoms with Gasteiger partial charge in [0, 0.05) is 5.69 Å². The Bertz CT molecular complexity index is 839. The number of nitrogens with zero attached hydrogens (tertiary/aromatic N) is 1. The number of rotatable bonds is 3. The molecule has 25 heavy (non-hydrogen) atoms. The first kappa shape index (κ1) is 17.3. The lowest BCUT2D eigenvalue weighted by molar-refractivity contribution is -0.137. The summed E-state index contributed by atoms with van der Waals surface area (Å²) >= 11 is 0.736. The number of anilines is 2. The van der Waals surface area contributed by atoms with Gasteiger partial charge in [-0.2, -0.15) is 13.2 Å². The van der Waals surface area contributed by atoms with Crippen LogP contribution in [0.4, 0.5) is 29.3 Å². The largest absolute Gasteiger partial charge is 0.416 e. The highest BCUT2D eigenvalue weighted by Gasteiger charge is 2.41. The monoisotopic (exact) mass is 366 g/mol. The van der Waals surface area contributed by atoms with E-state index in [4.69, 9.17) is 0 Å². The molecule has 1 N–H and O–H groups in total. The molecule has 0 bridgehead atoms. The third-order valence-corrected chi connectivity index (χ3v) is 4.53. The van der Waals surface area contributed by atoms with E-state index in [-0.39, 0.29) is 5.69 Å². The molecule has 0 spiro atoms. The summed E-state index contributed by atoms with van der Waals surface area (Å²) in [4.78, 5) is 25.7. The molecule has 8 heteroatoms. The number of hydrogen-bond donors (Lipinski definition) is 1. The molecule has 0 radical (unpaired) electrons. The van der Waals surface area contributed by atoms with Gasteiger partial charge in [0.2, 0.25) is 0 Å². The summed E-state index contributed by atoms with van der Waals surface area (Å²) in [6.07, 6.45) is -4.48. The number of hydrogen-bond acceptors (Lipinski definition) is 4. The summed E-state index contributed by atoms with van der Waals surface area (Å²) < 4.78 is 38.3. The van der Waals surface area contributed by atoms with Gasteiger partial charge in [0.1, 0.15) is 0 Å². The van der Waals surface area contributed by atoms with Crippen molar-refractivity contribution in [2.75, 3.05) is 10.2 Å². The highest BCUT2D eigenvalue weighted by atomic mass is 32.2. The molecule has 2 aromatic carbocycles. The number of carbonyl (C=O) groups is 2. The highest BCUT2D eigenvalue weighted by Crippen LogP contribution is 2.34. The van der Waals surface area contributed by atoms with Crippen LogP contribution in [0, 0.1) is 6.92 Å². The van der Waals surface area contributed by atoms with Gasteiger partial charge < -0.3 is 5.32 Å². The van der Waals surface area contributed by atoms with Gasteiger partial charge in [0.25, 0.3) is 11.1 Å². The van der Waals surface area contributed by atoms with E-state index in [2.05, 4.69) is 5.32 Å². The second kappa shape index (κ2) is 6.44. The average molecular weight is 366 g/mol. The molecule has 1 heterocycles. The van der Waals surface area contributed by atoms with Crippen LogP contribution >= 0.6 is 11.8 Å². The Labute approximate surface area is 146 Å². The molecule has 2 amide bonds. The van der Waals surface area contributed by atoms with Crippen LogP contribution in [0.3, 0.4) is 0 Å². The molecule has 1 aliphatic heterocycles. The predicted octanol–water partition coefficient (Wildman–Crippen LogP) is 4.65. The molecule has 1 fully saturated rings. The number of alkyl halides is 3. The van der Waals surface area contributed by atoms with Crippen molar-refractivity contribution in [1.82, 2.24) is 0 Å². The van der Waals surface area contributed by atoms with Crippen molar-refractivity contribution in [3.05, 3.63) is 59.7 Å². The van der Waals surface area contributed by atoms with E-state index in [9.17, 15) is 22.8 Å². The van der Waals surface area contributed by atoms with Gasteiger partial charge in [-0.1, -0.05) is 18.2 Å². The first-order chi connectivity index (χ1) is 11.8. The maximum atomic E-state index is 12.8. The summed E-state index contributed by atoms with van der Waals surface area (Å²) in [5.74, 6) is -0.516. The summed E-state index contributed by atoms with van der Waals surface area (Å²) in [5.41, 5.74) is 0.627.